The van der Waals surface area contributed by atoms with Gasteiger partial charge in [0.1, 0.15) is 11.5 Å². The molecule has 0 aromatic heterocycles. The molecule has 1 aromatic rings. The molecule has 92 valence electrons. The Balaban J connectivity index is 0. The maximum atomic E-state index is 9.44. The van der Waals surface area contributed by atoms with Gasteiger partial charge in [0.2, 0.25) is 0 Å². The van der Waals surface area contributed by atoms with Crippen LogP contribution in [0.15, 0.2) is 30.3 Å². The average Bonchev–Trinajstić information content (AvgIpc) is 2.30. The molecule has 0 fully saturated rings. The summed E-state index contributed by atoms with van der Waals surface area (Å²) in [5.74, 6) is 1.00. The zero-order chi connectivity index (χ0) is 12.8. The lowest BCUT2D eigenvalue weighted by Crippen LogP contribution is -1.97. The van der Waals surface area contributed by atoms with Crippen molar-refractivity contribution in [1.29, 1.82) is 0 Å². The SMILES string of the molecule is CC.CC(C)=O.COCOc1ccccc1. The van der Waals surface area contributed by atoms with Crippen LogP contribution in [0.3, 0.4) is 0 Å². The smallest absolute Gasteiger partial charge is 0.188 e. The molecule has 0 saturated carbocycles. The average molecular weight is 226 g/mol. The topological polar surface area (TPSA) is 35.5 Å². The van der Waals surface area contributed by atoms with Crippen LogP contribution < -0.4 is 4.74 Å². The number of rotatable bonds is 3. The molecule has 0 amide bonds. The van der Waals surface area contributed by atoms with Crippen LogP contribution in [0.1, 0.15) is 27.7 Å². The van der Waals surface area contributed by atoms with Crippen molar-refractivity contribution in [1.82, 2.24) is 0 Å². The second kappa shape index (κ2) is 13.7. The number of benzene rings is 1. The number of hydrogen-bond acceptors (Lipinski definition) is 3. The molecule has 1 aromatic carbocycles. The summed E-state index contributed by atoms with van der Waals surface area (Å²) in [6.07, 6.45) is 0. The summed E-state index contributed by atoms with van der Waals surface area (Å²) in [4.78, 5) is 9.44. The van der Waals surface area contributed by atoms with Gasteiger partial charge in [-0.3, -0.25) is 0 Å². The number of methoxy groups -OCH3 is 1. The third kappa shape index (κ3) is 15.1. The monoisotopic (exact) mass is 226 g/mol. The normalized spacial score (nSPS) is 7.81. The summed E-state index contributed by atoms with van der Waals surface area (Å²) in [7, 11) is 1.60. The first-order chi connectivity index (χ1) is 7.66. The molecular formula is C13H22O3. The Labute approximate surface area is 98.4 Å². The first-order valence-electron chi connectivity index (χ1n) is 5.30. The van der Waals surface area contributed by atoms with Gasteiger partial charge in [0.25, 0.3) is 0 Å². The fraction of sp³-hybridized carbons (Fsp3) is 0.462. The van der Waals surface area contributed by atoms with E-state index in [1.165, 1.54) is 13.8 Å². The molecule has 3 heteroatoms. The van der Waals surface area contributed by atoms with Crippen LogP contribution >= 0.6 is 0 Å². The molecule has 0 radical (unpaired) electrons. The van der Waals surface area contributed by atoms with Gasteiger partial charge in [0.15, 0.2) is 6.79 Å². The minimum absolute atomic E-state index is 0.167. The standard InChI is InChI=1S/C8H10O2.C3H6O.C2H6/c1-9-7-10-8-5-3-2-4-6-8;1-3(2)4;1-2/h2-6H,7H2,1H3;1-2H3;1-2H3. The Bertz CT molecular complexity index is 241. The van der Waals surface area contributed by atoms with Crippen LogP contribution in [0.25, 0.3) is 0 Å². The second-order valence-corrected chi connectivity index (χ2v) is 2.77. The van der Waals surface area contributed by atoms with Crippen LogP contribution in [0.5, 0.6) is 5.75 Å². The fourth-order valence-electron chi connectivity index (χ4n) is 0.644. The van der Waals surface area contributed by atoms with E-state index >= 15 is 0 Å². The van der Waals surface area contributed by atoms with Crippen molar-refractivity contribution < 1.29 is 14.3 Å². The summed E-state index contributed by atoms with van der Waals surface area (Å²) < 4.78 is 9.86. The van der Waals surface area contributed by atoms with E-state index in [0.717, 1.165) is 5.75 Å². The zero-order valence-electron chi connectivity index (χ0n) is 10.8. The lowest BCUT2D eigenvalue weighted by atomic mass is 10.3. The van der Waals surface area contributed by atoms with Crippen molar-refractivity contribution in [2.45, 2.75) is 27.7 Å². The molecule has 0 aliphatic rings. The Morgan fingerprint density at radius 2 is 1.56 bits per heavy atom. The van der Waals surface area contributed by atoms with Crippen molar-refractivity contribution in [3.8, 4) is 5.75 Å². The largest absolute Gasteiger partial charge is 0.468 e. The van der Waals surface area contributed by atoms with Crippen LogP contribution in [-0.2, 0) is 9.53 Å². The van der Waals surface area contributed by atoms with Gasteiger partial charge in [-0.15, -0.1) is 0 Å². The predicted molar refractivity (Wildman–Crippen MR) is 66.6 cm³/mol. The minimum atomic E-state index is 0.167. The van der Waals surface area contributed by atoms with Gasteiger partial charge in [-0.25, -0.2) is 0 Å². The molecule has 16 heavy (non-hydrogen) atoms. The Kier molecular flexibility index (Phi) is 14.6. The first-order valence-corrected chi connectivity index (χ1v) is 5.30. The Hall–Kier alpha value is -1.35. The van der Waals surface area contributed by atoms with E-state index in [1.54, 1.807) is 7.11 Å². The molecule has 0 aliphatic carbocycles. The van der Waals surface area contributed by atoms with E-state index in [1.807, 2.05) is 44.2 Å². The molecule has 0 bridgehead atoms. The van der Waals surface area contributed by atoms with Crippen molar-refractivity contribution in [3.05, 3.63) is 30.3 Å². The highest BCUT2D eigenvalue weighted by Gasteiger charge is 1.86. The summed E-state index contributed by atoms with van der Waals surface area (Å²) in [5, 5.41) is 0. The number of carbonyl (C=O) groups excluding carboxylic acids is 1. The van der Waals surface area contributed by atoms with Gasteiger partial charge >= 0.3 is 0 Å². The van der Waals surface area contributed by atoms with Gasteiger partial charge in [0, 0.05) is 7.11 Å². The molecule has 0 atom stereocenters. The zero-order valence-corrected chi connectivity index (χ0v) is 10.8. The number of para-hydroxylation sites is 1. The van der Waals surface area contributed by atoms with Gasteiger partial charge in [-0.05, 0) is 26.0 Å². The van der Waals surface area contributed by atoms with Crippen molar-refractivity contribution in [3.63, 3.8) is 0 Å². The lowest BCUT2D eigenvalue weighted by Gasteiger charge is -2.01. The first kappa shape index (κ1) is 17.1. The molecule has 0 saturated heterocycles. The van der Waals surface area contributed by atoms with Gasteiger partial charge in [-0.1, -0.05) is 32.0 Å². The van der Waals surface area contributed by atoms with Crippen LogP contribution in [-0.4, -0.2) is 19.7 Å². The number of carbonyl (C=O) groups is 1. The van der Waals surface area contributed by atoms with Crippen LogP contribution in [0, 0.1) is 0 Å². The van der Waals surface area contributed by atoms with Crippen molar-refractivity contribution in [2.24, 2.45) is 0 Å². The quantitative estimate of drug-likeness (QED) is 0.742. The fourth-order valence-corrected chi connectivity index (χ4v) is 0.644. The number of ether oxygens (including phenoxy) is 2. The maximum absolute atomic E-state index is 9.44. The van der Waals surface area contributed by atoms with E-state index in [9.17, 15) is 4.79 Å². The third-order valence-corrected chi connectivity index (χ3v) is 1.09. The lowest BCUT2D eigenvalue weighted by molar-refractivity contribution is -0.114. The van der Waals surface area contributed by atoms with E-state index in [4.69, 9.17) is 9.47 Å². The maximum Gasteiger partial charge on any atom is 0.188 e. The summed E-state index contributed by atoms with van der Waals surface area (Å²) >= 11 is 0. The van der Waals surface area contributed by atoms with E-state index in [-0.39, 0.29) is 5.78 Å². The van der Waals surface area contributed by atoms with Crippen LogP contribution in [0.4, 0.5) is 0 Å². The number of Topliss-reactive ketones (excluding diaryl/α,β-unsaturated/α-hetero) is 1. The highest BCUT2D eigenvalue weighted by atomic mass is 16.7. The molecule has 0 spiro atoms. The minimum Gasteiger partial charge on any atom is -0.468 e. The van der Waals surface area contributed by atoms with Gasteiger partial charge < -0.3 is 14.3 Å². The molecule has 0 unspecified atom stereocenters. The number of ketones is 1. The molecule has 3 nitrogen and oxygen atoms in total. The highest BCUT2D eigenvalue weighted by molar-refractivity contribution is 5.72. The number of hydrogen-bond donors (Lipinski definition) is 0. The van der Waals surface area contributed by atoms with Gasteiger partial charge in [0.05, 0.1) is 0 Å². The molecule has 0 N–H and O–H groups in total. The Morgan fingerprint density at radius 3 is 1.94 bits per heavy atom. The second-order valence-electron chi connectivity index (χ2n) is 2.77. The van der Waals surface area contributed by atoms with E-state index < -0.39 is 0 Å². The summed E-state index contributed by atoms with van der Waals surface area (Å²) in [6.45, 7) is 7.37. The van der Waals surface area contributed by atoms with E-state index in [0.29, 0.717) is 6.79 Å². The van der Waals surface area contributed by atoms with Crippen molar-refractivity contribution >= 4 is 5.78 Å². The predicted octanol–water partition coefficient (Wildman–Crippen LogP) is 3.29. The highest BCUT2D eigenvalue weighted by Crippen LogP contribution is 2.07. The molecular weight excluding hydrogens is 204 g/mol. The van der Waals surface area contributed by atoms with E-state index in [2.05, 4.69) is 0 Å². The molecule has 0 heterocycles. The summed E-state index contributed by atoms with van der Waals surface area (Å²) in [5.41, 5.74) is 0. The van der Waals surface area contributed by atoms with Crippen LogP contribution in [0.2, 0.25) is 0 Å². The third-order valence-electron chi connectivity index (χ3n) is 1.09. The molecule has 1 rings (SSSR count). The summed E-state index contributed by atoms with van der Waals surface area (Å²) in [6, 6.07) is 9.56. The van der Waals surface area contributed by atoms with Gasteiger partial charge in [-0.2, -0.15) is 0 Å². The molecule has 0 aliphatic heterocycles. The Morgan fingerprint density at radius 1 is 1.12 bits per heavy atom. The van der Waals surface area contributed by atoms with Crippen molar-refractivity contribution in [2.75, 3.05) is 13.9 Å².